The second-order valence-electron chi connectivity index (χ2n) is 10.4. The minimum absolute atomic E-state index is 0.0143. The Morgan fingerprint density at radius 2 is 1.94 bits per heavy atom. The average molecular weight is 439 g/mol. The quantitative estimate of drug-likeness (QED) is 0.744. The van der Waals surface area contributed by atoms with Crippen LogP contribution in [0.2, 0.25) is 0 Å². The molecule has 7 heteroatoms. The maximum atomic E-state index is 13.3. The molecule has 0 atom stereocenters. The maximum Gasteiger partial charge on any atom is 0.282 e. The van der Waals surface area contributed by atoms with E-state index in [1.807, 2.05) is 13.1 Å². The molecule has 1 aliphatic carbocycles. The Balaban J connectivity index is 2.06. The molecular weight excluding hydrogens is 404 g/mol. The molecule has 7 nitrogen and oxygen atoms in total. The smallest absolute Gasteiger partial charge is 0.282 e. The van der Waals surface area contributed by atoms with E-state index in [1.54, 1.807) is 26.0 Å². The molecule has 172 valence electrons. The van der Waals surface area contributed by atoms with Crippen LogP contribution >= 0.6 is 0 Å². The first-order chi connectivity index (χ1) is 14.9. The van der Waals surface area contributed by atoms with Crippen LogP contribution in [-0.2, 0) is 19.0 Å². The monoisotopic (exact) mass is 438 g/mol. The van der Waals surface area contributed by atoms with Crippen LogP contribution in [-0.4, -0.2) is 32.6 Å². The van der Waals surface area contributed by atoms with Crippen molar-refractivity contribution in [2.24, 2.45) is 18.0 Å². The van der Waals surface area contributed by atoms with Crippen molar-refractivity contribution >= 4 is 5.91 Å². The molecule has 1 saturated carbocycles. The Kier molecular flexibility index (Phi) is 6.66. The Hall–Kier alpha value is -2.85. The van der Waals surface area contributed by atoms with Crippen LogP contribution in [0.15, 0.2) is 29.3 Å². The van der Waals surface area contributed by atoms with Crippen molar-refractivity contribution in [2.75, 3.05) is 6.61 Å². The number of ether oxygens (including phenoxy) is 1. The van der Waals surface area contributed by atoms with Gasteiger partial charge in [-0.25, -0.2) is 0 Å². The summed E-state index contributed by atoms with van der Waals surface area (Å²) in [6, 6.07) is 8.71. The third-order valence-corrected chi connectivity index (χ3v) is 5.80. The summed E-state index contributed by atoms with van der Waals surface area (Å²) >= 11 is 0. The normalized spacial score (nSPS) is 15.4. The standard InChI is InChI=1S/C25H34N4O3/c1-24(2,3)21-13-22(29(28(21)6)15-17-8-7-9-17)27-23(30)19-12-18(14-26)10-11-20(19)32-16-25(4,5)31/h10-13,17,31H,7-9,15-16H2,1-6H3. The fourth-order valence-electron chi connectivity index (χ4n) is 3.81. The SMILES string of the molecule is Cn1c(C(C)(C)C)cc(=NC(=O)c2cc(C#N)ccc2OCC(C)(C)O)n1CC1CCC1. The molecule has 1 heterocycles. The minimum atomic E-state index is -1.06. The predicted molar refractivity (Wildman–Crippen MR) is 122 cm³/mol. The number of carbonyl (C=O) groups excluding carboxylic acids is 1. The maximum absolute atomic E-state index is 13.3. The van der Waals surface area contributed by atoms with Gasteiger partial charge in [0.15, 0.2) is 5.49 Å². The van der Waals surface area contributed by atoms with Crippen molar-refractivity contribution in [3.05, 3.63) is 46.6 Å². The van der Waals surface area contributed by atoms with Crippen LogP contribution in [0, 0.1) is 17.2 Å². The largest absolute Gasteiger partial charge is 0.490 e. The number of benzene rings is 1. The van der Waals surface area contributed by atoms with Gasteiger partial charge in [0.1, 0.15) is 12.4 Å². The summed E-state index contributed by atoms with van der Waals surface area (Å²) in [6.45, 7) is 10.5. The first kappa shape index (κ1) is 23.8. The van der Waals surface area contributed by atoms with Gasteiger partial charge in [-0.15, -0.1) is 0 Å². The molecule has 2 aromatic rings. The van der Waals surface area contributed by atoms with E-state index in [-0.39, 0.29) is 17.6 Å². The lowest BCUT2D eigenvalue weighted by Crippen LogP contribution is -2.31. The molecule has 0 unspecified atom stereocenters. The number of nitrogens with zero attached hydrogens (tertiary/aromatic N) is 4. The van der Waals surface area contributed by atoms with E-state index < -0.39 is 11.5 Å². The van der Waals surface area contributed by atoms with E-state index in [4.69, 9.17) is 4.74 Å². The van der Waals surface area contributed by atoms with Gasteiger partial charge in [0.05, 0.1) is 22.8 Å². The van der Waals surface area contributed by atoms with E-state index in [9.17, 15) is 15.2 Å². The summed E-state index contributed by atoms with van der Waals surface area (Å²) in [5.41, 5.74) is 1.10. The second kappa shape index (κ2) is 8.95. The first-order valence-electron chi connectivity index (χ1n) is 11.1. The van der Waals surface area contributed by atoms with E-state index in [1.165, 1.54) is 25.3 Å². The van der Waals surface area contributed by atoms with Crippen LogP contribution in [0.25, 0.3) is 0 Å². The van der Waals surface area contributed by atoms with Crippen molar-refractivity contribution < 1.29 is 14.6 Å². The van der Waals surface area contributed by atoms with Crippen molar-refractivity contribution in [3.8, 4) is 11.8 Å². The Bertz CT molecular complexity index is 1100. The number of nitriles is 1. The Labute approximate surface area is 189 Å². The highest BCUT2D eigenvalue weighted by atomic mass is 16.5. The average Bonchev–Trinajstić information content (AvgIpc) is 2.97. The number of carbonyl (C=O) groups is 1. The lowest BCUT2D eigenvalue weighted by Gasteiger charge is -2.27. The van der Waals surface area contributed by atoms with Gasteiger partial charge in [-0.05, 0) is 50.8 Å². The number of hydrogen-bond acceptors (Lipinski definition) is 4. The molecule has 0 aliphatic heterocycles. The third-order valence-electron chi connectivity index (χ3n) is 5.80. The first-order valence-corrected chi connectivity index (χ1v) is 11.1. The molecule has 1 N–H and O–H groups in total. The van der Waals surface area contributed by atoms with Crippen molar-refractivity contribution in [2.45, 2.75) is 71.4 Å². The molecule has 1 aromatic heterocycles. The summed E-state index contributed by atoms with van der Waals surface area (Å²) < 4.78 is 9.89. The van der Waals surface area contributed by atoms with Gasteiger partial charge >= 0.3 is 0 Å². The van der Waals surface area contributed by atoms with Gasteiger partial charge in [0, 0.05) is 30.8 Å². The topological polar surface area (TPSA) is 92.5 Å². The van der Waals surface area contributed by atoms with Gasteiger partial charge in [0.25, 0.3) is 5.91 Å². The molecular formula is C25H34N4O3. The number of aromatic nitrogens is 2. The van der Waals surface area contributed by atoms with Crippen LogP contribution in [0.5, 0.6) is 5.75 Å². The Morgan fingerprint density at radius 1 is 1.25 bits per heavy atom. The predicted octanol–water partition coefficient (Wildman–Crippen LogP) is 3.69. The highest BCUT2D eigenvalue weighted by Crippen LogP contribution is 2.28. The third kappa shape index (κ3) is 5.49. The molecule has 0 radical (unpaired) electrons. The number of rotatable bonds is 6. The number of amides is 1. The summed E-state index contributed by atoms with van der Waals surface area (Å²) in [5.74, 6) is 0.428. The van der Waals surface area contributed by atoms with Gasteiger partial charge < -0.3 is 9.84 Å². The fraction of sp³-hybridized carbons (Fsp3) is 0.560. The molecule has 1 fully saturated rings. The van der Waals surface area contributed by atoms with Crippen LogP contribution in [0.4, 0.5) is 0 Å². The summed E-state index contributed by atoms with van der Waals surface area (Å²) in [7, 11) is 2.01. The second-order valence-corrected chi connectivity index (χ2v) is 10.4. The molecule has 0 bridgehead atoms. The summed E-state index contributed by atoms with van der Waals surface area (Å²) in [4.78, 5) is 17.7. The number of hydrogen-bond donors (Lipinski definition) is 1. The number of aliphatic hydroxyl groups is 1. The van der Waals surface area contributed by atoms with Crippen molar-refractivity contribution in [1.82, 2.24) is 9.36 Å². The molecule has 0 saturated heterocycles. The van der Waals surface area contributed by atoms with Gasteiger partial charge in [-0.2, -0.15) is 10.3 Å². The zero-order chi connectivity index (χ0) is 23.7. The van der Waals surface area contributed by atoms with E-state index in [0.717, 1.165) is 12.2 Å². The fourth-order valence-corrected chi connectivity index (χ4v) is 3.81. The lowest BCUT2D eigenvalue weighted by atomic mass is 9.85. The molecule has 1 aromatic carbocycles. The zero-order valence-electron chi connectivity index (χ0n) is 20.0. The van der Waals surface area contributed by atoms with E-state index in [0.29, 0.717) is 22.7 Å². The molecule has 32 heavy (non-hydrogen) atoms. The van der Waals surface area contributed by atoms with Gasteiger partial charge in [-0.3, -0.25) is 14.2 Å². The Morgan fingerprint density at radius 3 is 2.47 bits per heavy atom. The molecule has 1 aliphatic rings. The summed E-state index contributed by atoms with van der Waals surface area (Å²) in [5, 5.41) is 19.3. The van der Waals surface area contributed by atoms with E-state index in [2.05, 4.69) is 41.2 Å². The van der Waals surface area contributed by atoms with Crippen molar-refractivity contribution in [1.29, 1.82) is 5.26 Å². The summed E-state index contributed by atoms with van der Waals surface area (Å²) in [6.07, 6.45) is 3.63. The minimum Gasteiger partial charge on any atom is -0.490 e. The molecule has 3 rings (SSSR count). The zero-order valence-corrected chi connectivity index (χ0v) is 20.0. The van der Waals surface area contributed by atoms with Crippen LogP contribution in [0.3, 0.4) is 0 Å². The highest BCUT2D eigenvalue weighted by Gasteiger charge is 2.25. The van der Waals surface area contributed by atoms with Gasteiger partial charge in [-0.1, -0.05) is 27.2 Å². The van der Waals surface area contributed by atoms with E-state index >= 15 is 0 Å². The molecule has 1 amide bonds. The van der Waals surface area contributed by atoms with Gasteiger partial charge in [0.2, 0.25) is 0 Å². The molecule has 0 spiro atoms. The highest BCUT2D eigenvalue weighted by molar-refractivity contribution is 5.98. The van der Waals surface area contributed by atoms with Crippen molar-refractivity contribution in [3.63, 3.8) is 0 Å². The lowest BCUT2D eigenvalue weighted by molar-refractivity contribution is 0.0281. The van der Waals surface area contributed by atoms with Crippen LogP contribution < -0.4 is 10.2 Å². The van der Waals surface area contributed by atoms with Crippen LogP contribution in [0.1, 0.15) is 75.5 Å².